The molecule has 0 unspecified atom stereocenters. The molecule has 1 nitrogen and oxygen atoms in total. The van der Waals surface area contributed by atoms with Crippen LogP contribution in [0.2, 0.25) is 0 Å². The minimum atomic E-state index is 0.286. The summed E-state index contributed by atoms with van der Waals surface area (Å²) in [5.74, 6) is 1.43. The van der Waals surface area contributed by atoms with Gasteiger partial charge in [-0.15, -0.1) is 0 Å². The Morgan fingerprint density at radius 3 is 2.80 bits per heavy atom. The molecule has 0 radical (unpaired) electrons. The van der Waals surface area contributed by atoms with Gasteiger partial charge < -0.3 is 0 Å². The van der Waals surface area contributed by atoms with Crippen LogP contribution in [0, 0.1) is 11.8 Å². The number of allylic oxidation sites excluding steroid dienone is 4. The molecule has 1 heteroatoms. The van der Waals surface area contributed by atoms with E-state index in [4.69, 9.17) is 0 Å². The van der Waals surface area contributed by atoms with Crippen LogP contribution in [-0.4, -0.2) is 5.78 Å². The third-order valence-corrected chi connectivity index (χ3v) is 3.32. The molecule has 1 aliphatic rings. The number of carbonyl (C=O) groups excluding carboxylic acids is 1. The van der Waals surface area contributed by atoms with Crippen molar-refractivity contribution < 1.29 is 4.79 Å². The van der Waals surface area contributed by atoms with E-state index in [9.17, 15) is 4.79 Å². The van der Waals surface area contributed by atoms with Gasteiger partial charge in [0.25, 0.3) is 0 Å². The van der Waals surface area contributed by atoms with Crippen LogP contribution in [0.5, 0.6) is 0 Å². The smallest absolute Gasteiger partial charge is 0.157 e. The molecule has 84 valence electrons. The summed E-state index contributed by atoms with van der Waals surface area (Å²) >= 11 is 0. The van der Waals surface area contributed by atoms with Crippen molar-refractivity contribution in [1.29, 1.82) is 0 Å². The minimum Gasteiger partial charge on any atom is -0.295 e. The first-order chi connectivity index (χ1) is 7.04. The molecule has 1 aliphatic carbocycles. The summed E-state index contributed by atoms with van der Waals surface area (Å²) in [6, 6.07) is 0. The maximum atomic E-state index is 11.5. The molecule has 0 aromatic rings. The highest BCUT2D eigenvalue weighted by Crippen LogP contribution is 2.30. The van der Waals surface area contributed by atoms with E-state index in [-0.39, 0.29) is 5.78 Å². The molecule has 0 N–H and O–H groups in total. The molecule has 0 aromatic heterocycles. The first-order valence-electron chi connectivity index (χ1n) is 5.93. The van der Waals surface area contributed by atoms with Crippen molar-refractivity contribution in [2.24, 2.45) is 11.8 Å². The molecule has 0 bridgehead atoms. The van der Waals surface area contributed by atoms with E-state index in [2.05, 4.69) is 26.0 Å². The van der Waals surface area contributed by atoms with Gasteiger partial charge in [-0.3, -0.25) is 4.79 Å². The number of ketones is 1. The fourth-order valence-electron chi connectivity index (χ4n) is 2.24. The summed E-state index contributed by atoms with van der Waals surface area (Å²) in [4.78, 5) is 11.5. The number of hydrogen-bond acceptors (Lipinski definition) is 1. The third-order valence-electron chi connectivity index (χ3n) is 3.32. The van der Waals surface area contributed by atoms with Crippen molar-refractivity contribution in [2.45, 2.75) is 47.0 Å². The predicted octanol–water partition coefficient (Wildman–Crippen LogP) is 3.90. The molecule has 2 atom stereocenters. The molecule has 0 aromatic carbocycles. The van der Waals surface area contributed by atoms with E-state index in [0.29, 0.717) is 18.3 Å². The average Bonchev–Trinajstić information content (AvgIpc) is 2.20. The zero-order valence-corrected chi connectivity index (χ0v) is 10.3. The first-order valence-corrected chi connectivity index (χ1v) is 5.93. The molecule has 0 saturated carbocycles. The Labute approximate surface area is 93.3 Å². The van der Waals surface area contributed by atoms with Gasteiger partial charge in [-0.1, -0.05) is 31.6 Å². The lowest BCUT2D eigenvalue weighted by atomic mass is 9.81. The lowest BCUT2D eigenvalue weighted by Gasteiger charge is -2.24. The summed E-state index contributed by atoms with van der Waals surface area (Å²) in [6.07, 6.45) is 7.52. The van der Waals surface area contributed by atoms with Crippen molar-refractivity contribution in [1.82, 2.24) is 0 Å². The summed E-state index contributed by atoms with van der Waals surface area (Å²) in [5.41, 5.74) is 2.44. The summed E-state index contributed by atoms with van der Waals surface area (Å²) in [7, 11) is 0. The van der Waals surface area contributed by atoms with Gasteiger partial charge in [0.2, 0.25) is 0 Å². The summed E-state index contributed by atoms with van der Waals surface area (Å²) in [6.45, 7) is 8.31. The Morgan fingerprint density at radius 1 is 1.60 bits per heavy atom. The number of Topliss-reactive ketones (excluding diaryl/α,β-unsaturated/α-hetero) is 1. The number of rotatable bonds is 3. The molecule has 0 heterocycles. The van der Waals surface area contributed by atoms with E-state index >= 15 is 0 Å². The maximum absolute atomic E-state index is 11.5. The Bertz CT molecular complexity index is 296. The van der Waals surface area contributed by atoms with Crippen LogP contribution in [-0.2, 0) is 4.79 Å². The highest BCUT2D eigenvalue weighted by Gasteiger charge is 2.18. The summed E-state index contributed by atoms with van der Waals surface area (Å²) < 4.78 is 0. The van der Waals surface area contributed by atoms with Crippen LogP contribution in [0.4, 0.5) is 0 Å². The van der Waals surface area contributed by atoms with E-state index in [1.165, 1.54) is 18.4 Å². The van der Waals surface area contributed by atoms with Gasteiger partial charge in [0.15, 0.2) is 5.78 Å². The topological polar surface area (TPSA) is 17.1 Å². The molecule has 0 aliphatic heterocycles. The van der Waals surface area contributed by atoms with E-state index in [1.54, 1.807) is 0 Å². The van der Waals surface area contributed by atoms with Crippen LogP contribution < -0.4 is 0 Å². The second kappa shape index (κ2) is 5.29. The molecular formula is C14H22O. The quantitative estimate of drug-likeness (QED) is 0.505. The molecular weight excluding hydrogens is 184 g/mol. The van der Waals surface area contributed by atoms with Gasteiger partial charge in [0.05, 0.1) is 0 Å². The average molecular weight is 206 g/mol. The van der Waals surface area contributed by atoms with Gasteiger partial charge in [-0.2, -0.15) is 0 Å². The first kappa shape index (κ1) is 12.2. The molecule has 0 amide bonds. The highest BCUT2D eigenvalue weighted by molar-refractivity contribution is 5.94. The maximum Gasteiger partial charge on any atom is 0.157 e. The van der Waals surface area contributed by atoms with Crippen molar-refractivity contribution >= 4 is 5.78 Å². The SMILES string of the molecule is CCC(=O)/C(C)=C/[C@@H]1CCC(C)=C[C@H]1C. The van der Waals surface area contributed by atoms with Crippen molar-refractivity contribution in [2.75, 3.05) is 0 Å². The van der Waals surface area contributed by atoms with Gasteiger partial charge >= 0.3 is 0 Å². The van der Waals surface area contributed by atoms with Crippen LogP contribution in [0.25, 0.3) is 0 Å². The van der Waals surface area contributed by atoms with E-state index in [1.807, 2.05) is 13.8 Å². The molecule has 0 saturated heterocycles. The standard InChI is InChI=1S/C14H22O/c1-5-14(15)12(4)9-13-7-6-10(2)8-11(13)3/h8-9,11,13H,5-7H2,1-4H3/b12-9+/t11-,13+/m1/s1. The van der Waals surface area contributed by atoms with Crippen LogP contribution in [0.15, 0.2) is 23.3 Å². The van der Waals surface area contributed by atoms with E-state index < -0.39 is 0 Å². The largest absolute Gasteiger partial charge is 0.295 e. The van der Waals surface area contributed by atoms with Crippen molar-refractivity contribution in [3.63, 3.8) is 0 Å². The van der Waals surface area contributed by atoms with Gasteiger partial charge in [0, 0.05) is 6.42 Å². The Kier molecular flexibility index (Phi) is 4.31. The highest BCUT2D eigenvalue weighted by atomic mass is 16.1. The van der Waals surface area contributed by atoms with Gasteiger partial charge in [0.1, 0.15) is 0 Å². The second-order valence-electron chi connectivity index (χ2n) is 4.70. The van der Waals surface area contributed by atoms with Crippen LogP contribution >= 0.6 is 0 Å². The van der Waals surface area contributed by atoms with Gasteiger partial charge in [-0.05, 0) is 44.1 Å². The predicted molar refractivity (Wildman–Crippen MR) is 64.7 cm³/mol. The Morgan fingerprint density at radius 2 is 2.27 bits per heavy atom. The second-order valence-corrected chi connectivity index (χ2v) is 4.70. The van der Waals surface area contributed by atoms with Crippen molar-refractivity contribution in [3.8, 4) is 0 Å². The van der Waals surface area contributed by atoms with Crippen LogP contribution in [0.1, 0.15) is 47.0 Å². The fraction of sp³-hybridized carbons (Fsp3) is 0.643. The minimum absolute atomic E-state index is 0.286. The molecule has 0 spiro atoms. The number of carbonyl (C=O) groups is 1. The van der Waals surface area contributed by atoms with Crippen molar-refractivity contribution in [3.05, 3.63) is 23.3 Å². The fourth-order valence-corrected chi connectivity index (χ4v) is 2.24. The zero-order valence-electron chi connectivity index (χ0n) is 10.3. The normalized spacial score (nSPS) is 27.5. The van der Waals surface area contributed by atoms with Crippen LogP contribution in [0.3, 0.4) is 0 Å². The molecule has 1 rings (SSSR count). The van der Waals surface area contributed by atoms with Gasteiger partial charge in [-0.25, -0.2) is 0 Å². The Balaban J connectivity index is 2.71. The zero-order chi connectivity index (χ0) is 11.4. The Hall–Kier alpha value is -0.850. The number of hydrogen-bond donors (Lipinski definition) is 0. The molecule has 0 fully saturated rings. The van der Waals surface area contributed by atoms with E-state index in [0.717, 1.165) is 5.57 Å². The monoisotopic (exact) mass is 206 g/mol. The third kappa shape index (κ3) is 3.33. The summed E-state index contributed by atoms with van der Waals surface area (Å²) in [5, 5.41) is 0. The lowest BCUT2D eigenvalue weighted by Crippen LogP contribution is -2.14. The lowest BCUT2D eigenvalue weighted by molar-refractivity contribution is -0.115. The molecule has 15 heavy (non-hydrogen) atoms.